The molecule has 0 atom stereocenters. The predicted molar refractivity (Wildman–Crippen MR) is 103 cm³/mol. The molecule has 1 fully saturated rings. The van der Waals surface area contributed by atoms with Crippen LogP contribution in [-0.4, -0.2) is 7.11 Å². The second-order valence-corrected chi connectivity index (χ2v) is 7.45. The highest BCUT2D eigenvalue weighted by atomic mass is 35.5. The molecule has 0 heterocycles. The summed E-state index contributed by atoms with van der Waals surface area (Å²) in [6.07, 6.45) is 7.87. The van der Waals surface area contributed by atoms with Gasteiger partial charge < -0.3 is 4.74 Å². The molecule has 0 saturated heterocycles. The van der Waals surface area contributed by atoms with Crippen molar-refractivity contribution in [1.29, 1.82) is 0 Å². The summed E-state index contributed by atoms with van der Waals surface area (Å²) < 4.78 is 19.6. The van der Waals surface area contributed by atoms with Crippen LogP contribution in [0, 0.1) is 11.7 Å². The standard InChI is InChI=1S/C22H26ClFO/c1-3-4-15-5-7-16(8-6-15)17-9-11-18(12-10-17)19-13-14-20(25-2)21(23)22(19)24/h9-16H,3-8H2,1-2H3. The van der Waals surface area contributed by atoms with E-state index in [9.17, 15) is 4.39 Å². The van der Waals surface area contributed by atoms with Crippen LogP contribution in [0.5, 0.6) is 5.75 Å². The highest BCUT2D eigenvalue weighted by Gasteiger charge is 2.22. The van der Waals surface area contributed by atoms with Crippen molar-refractivity contribution in [3.05, 3.63) is 52.8 Å². The Kier molecular flexibility index (Phi) is 6.01. The van der Waals surface area contributed by atoms with Gasteiger partial charge in [0, 0.05) is 5.56 Å². The van der Waals surface area contributed by atoms with E-state index in [1.807, 2.05) is 12.1 Å². The largest absolute Gasteiger partial charge is 0.495 e. The Labute approximate surface area is 155 Å². The lowest BCUT2D eigenvalue weighted by atomic mass is 9.77. The summed E-state index contributed by atoms with van der Waals surface area (Å²) in [5.41, 5.74) is 2.74. The number of benzene rings is 2. The van der Waals surface area contributed by atoms with Crippen molar-refractivity contribution >= 4 is 11.6 Å². The summed E-state index contributed by atoms with van der Waals surface area (Å²) in [7, 11) is 1.49. The van der Waals surface area contributed by atoms with E-state index < -0.39 is 5.82 Å². The number of halogens is 2. The number of hydrogen-bond donors (Lipinski definition) is 0. The van der Waals surface area contributed by atoms with E-state index in [0.717, 1.165) is 11.5 Å². The van der Waals surface area contributed by atoms with E-state index in [1.165, 1.54) is 51.2 Å². The van der Waals surface area contributed by atoms with Crippen LogP contribution in [0.25, 0.3) is 11.1 Å². The Morgan fingerprint density at radius 2 is 1.72 bits per heavy atom. The fraction of sp³-hybridized carbons (Fsp3) is 0.455. The Balaban J connectivity index is 1.74. The first-order chi connectivity index (χ1) is 12.1. The SMILES string of the molecule is CCCC1CCC(c2ccc(-c3ccc(OC)c(Cl)c3F)cc2)CC1. The number of hydrogen-bond acceptors (Lipinski definition) is 1. The van der Waals surface area contributed by atoms with E-state index in [2.05, 4.69) is 19.1 Å². The molecule has 134 valence electrons. The van der Waals surface area contributed by atoms with Gasteiger partial charge >= 0.3 is 0 Å². The Morgan fingerprint density at radius 3 is 2.32 bits per heavy atom. The average molecular weight is 361 g/mol. The minimum atomic E-state index is -0.422. The molecule has 2 aromatic carbocycles. The maximum Gasteiger partial charge on any atom is 0.153 e. The fourth-order valence-electron chi connectivity index (χ4n) is 4.04. The van der Waals surface area contributed by atoms with Gasteiger partial charge in [0.25, 0.3) is 0 Å². The molecule has 1 nitrogen and oxygen atoms in total. The highest BCUT2D eigenvalue weighted by molar-refractivity contribution is 6.32. The van der Waals surface area contributed by atoms with Gasteiger partial charge in [-0.15, -0.1) is 0 Å². The monoisotopic (exact) mass is 360 g/mol. The van der Waals surface area contributed by atoms with Crippen LogP contribution in [-0.2, 0) is 0 Å². The Bertz CT molecular complexity index is 703. The minimum absolute atomic E-state index is 0.0401. The lowest BCUT2D eigenvalue weighted by molar-refractivity contribution is 0.308. The molecule has 0 spiro atoms. The van der Waals surface area contributed by atoms with Crippen LogP contribution in [0.1, 0.15) is 56.9 Å². The third-order valence-corrected chi connectivity index (χ3v) is 5.86. The minimum Gasteiger partial charge on any atom is -0.495 e. The predicted octanol–water partition coefficient (Wildman–Crippen LogP) is 7.23. The van der Waals surface area contributed by atoms with E-state index in [1.54, 1.807) is 12.1 Å². The van der Waals surface area contributed by atoms with Crippen molar-refractivity contribution < 1.29 is 9.13 Å². The van der Waals surface area contributed by atoms with Crippen molar-refractivity contribution in [3.8, 4) is 16.9 Å². The lowest BCUT2D eigenvalue weighted by Crippen LogP contribution is -2.13. The van der Waals surface area contributed by atoms with E-state index in [0.29, 0.717) is 17.2 Å². The molecule has 1 saturated carbocycles. The van der Waals surface area contributed by atoms with Gasteiger partial charge in [0.1, 0.15) is 10.8 Å². The summed E-state index contributed by atoms with van der Waals surface area (Å²) in [5, 5.41) is 0.0401. The first-order valence-corrected chi connectivity index (χ1v) is 9.64. The Morgan fingerprint density at radius 1 is 1.04 bits per heavy atom. The molecule has 0 aromatic heterocycles. The molecule has 1 aliphatic carbocycles. The van der Waals surface area contributed by atoms with Crippen molar-refractivity contribution in [3.63, 3.8) is 0 Å². The average Bonchev–Trinajstić information content (AvgIpc) is 2.65. The lowest BCUT2D eigenvalue weighted by Gasteiger charge is -2.28. The van der Waals surface area contributed by atoms with Crippen molar-refractivity contribution in [2.45, 2.75) is 51.4 Å². The van der Waals surface area contributed by atoms with E-state index in [-0.39, 0.29) is 5.02 Å². The first kappa shape index (κ1) is 18.3. The molecule has 2 aromatic rings. The number of rotatable bonds is 5. The van der Waals surface area contributed by atoms with Gasteiger partial charge in [-0.1, -0.05) is 55.6 Å². The number of ether oxygens (including phenoxy) is 1. The molecule has 25 heavy (non-hydrogen) atoms. The fourth-order valence-corrected chi connectivity index (χ4v) is 4.28. The molecule has 1 aliphatic rings. The molecule has 0 bridgehead atoms. The van der Waals surface area contributed by atoms with Crippen LogP contribution in [0.4, 0.5) is 4.39 Å². The summed E-state index contributed by atoms with van der Waals surface area (Å²) in [5.74, 6) is 1.50. The molecular weight excluding hydrogens is 335 g/mol. The van der Waals surface area contributed by atoms with Gasteiger partial charge in [0.05, 0.1) is 7.11 Å². The molecule has 3 rings (SSSR count). The van der Waals surface area contributed by atoms with Crippen LogP contribution in [0.15, 0.2) is 36.4 Å². The molecule has 0 aliphatic heterocycles. The van der Waals surface area contributed by atoms with Gasteiger partial charge in [-0.05, 0) is 60.8 Å². The number of methoxy groups -OCH3 is 1. The molecule has 3 heteroatoms. The zero-order valence-electron chi connectivity index (χ0n) is 15.0. The van der Waals surface area contributed by atoms with E-state index >= 15 is 0 Å². The highest BCUT2D eigenvalue weighted by Crippen LogP contribution is 2.39. The summed E-state index contributed by atoms with van der Waals surface area (Å²) in [4.78, 5) is 0. The van der Waals surface area contributed by atoms with Gasteiger partial charge in [-0.3, -0.25) is 0 Å². The van der Waals surface area contributed by atoms with Crippen LogP contribution >= 0.6 is 11.6 Å². The molecule has 0 N–H and O–H groups in total. The van der Waals surface area contributed by atoms with Crippen molar-refractivity contribution in [1.82, 2.24) is 0 Å². The third-order valence-electron chi connectivity index (χ3n) is 5.50. The maximum atomic E-state index is 14.5. The smallest absolute Gasteiger partial charge is 0.153 e. The summed E-state index contributed by atoms with van der Waals surface area (Å²) in [6.45, 7) is 2.27. The van der Waals surface area contributed by atoms with Crippen molar-refractivity contribution in [2.24, 2.45) is 5.92 Å². The first-order valence-electron chi connectivity index (χ1n) is 9.26. The van der Waals surface area contributed by atoms with Gasteiger partial charge in [-0.25, -0.2) is 4.39 Å². The van der Waals surface area contributed by atoms with Crippen LogP contribution in [0.3, 0.4) is 0 Å². The quantitative estimate of drug-likeness (QED) is 0.546. The maximum absolute atomic E-state index is 14.5. The van der Waals surface area contributed by atoms with Gasteiger partial charge in [0.2, 0.25) is 0 Å². The van der Waals surface area contributed by atoms with Gasteiger partial charge in [-0.2, -0.15) is 0 Å². The van der Waals surface area contributed by atoms with Crippen LogP contribution in [0.2, 0.25) is 5.02 Å². The molecule has 0 radical (unpaired) electrons. The normalized spacial score (nSPS) is 20.5. The second kappa shape index (κ2) is 8.23. The third kappa shape index (κ3) is 4.00. The zero-order chi connectivity index (χ0) is 17.8. The van der Waals surface area contributed by atoms with E-state index in [4.69, 9.17) is 16.3 Å². The molecular formula is C22H26ClFO. The topological polar surface area (TPSA) is 9.23 Å². The molecule has 0 amide bonds. The summed E-state index contributed by atoms with van der Waals surface area (Å²) >= 11 is 6.04. The Hall–Kier alpha value is -1.54. The second-order valence-electron chi connectivity index (χ2n) is 7.07. The van der Waals surface area contributed by atoms with Gasteiger partial charge in [0.15, 0.2) is 5.82 Å². The summed E-state index contributed by atoms with van der Waals surface area (Å²) in [6, 6.07) is 11.8. The van der Waals surface area contributed by atoms with Crippen molar-refractivity contribution in [2.75, 3.05) is 7.11 Å². The molecule has 0 unspecified atom stereocenters. The van der Waals surface area contributed by atoms with Crippen LogP contribution < -0.4 is 4.74 Å². The zero-order valence-corrected chi connectivity index (χ0v) is 15.8.